The number of nitrogens with zero attached hydrogens (tertiary/aromatic N) is 11. The van der Waals surface area contributed by atoms with Gasteiger partial charge in [-0.2, -0.15) is 4.79 Å². The van der Waals surface area contributed by atoms with Crippen molar-refractivity contribution in [1.82, 2.24) is 13.7 Å². The van der Waals surface area contributed by atoms with Crippen molar-refractivity contribution in [2.75, 3.05) is 6.54 Å². The number of isocyanates is 2. The third-order valence-corrected chi connectivity index (χ3v) is 5.15. The molecule has 1 aromatic heterocycles. The number of rotatable bonds is 17. The highest BCUT2D eigenvalue weighted by Gasteiger charge is 2.39. The first-order valence-corrected chi connectivity index (χ1v) is 10.9. The van der Waals surface area contributed by atoms with Crippen molar-refractivity contribution in [3.8, 4) is 0 Å². The van der Waals surface area contributed by atoms with Crippen molar-refractivity contribution >= 4 is 18.0 Å². The van der Waals surface area contributed by atoms with Crippen molar-refractivity contribution in [1.29, 1.82) is 0 Å². The molecule has 0 bridgehead atoms. The Labute approximate surface area is 221 Å². The Morgan fingerprint density at radius 1 is 0.700 bits per heavy atom. The van der Waals surface area contributed by atoms with Gasteiger partial charge in [0.05, 0.1) is 11.5 Å². The Morgan fingerprint density at radius 3 is 1.77 bits per heavy atom. The van der Waals surface area contributed by atoms with Gasteiger partial charge in [-0.1, -0.05) is 17.4 Å². The van der Waals surface area contributed by atoms with Gasteiger partial charge in [0.1, 0.15) is 0 Å². The molecule has 208 valence electrons. The summed E-state index contributed by atoms with van der Waals surface area (Å²) in [5.74, 6) is -1.98. The van der Waals surface area contributed by atoms with Gasteiger partial charge < -0.3 is 43.4 Å². The van der Waals surface area contributed by atoms with Gasteiger partial charge in [-0.05, 0) is 12.8 Å². The van der Waals surface area contributed by atoms with Gasteiger partial charge >= 0.3 is 57.6 Å². The normalized spacial score (nSPS) is 12.3. The summed E-state index contributed by atoms with van der Waals surface area (Å²) in [5, 5.41) is 8.51. The molecular formula is C18H21N17O5. The summed E-state index contributed by atoms with van der Waals surface area (Å²) < 4.78 is 1.28. The minimum atomic E-state index is -1.35. The van der Waals surface area contributed by atoms with Gasteiger partial charge in [-0.15, -0.1) is 0 Å². The Morgan fingerprint density at radius 2 is 1.27 bits per heavy atom. The number of hydrogen-bond acceptors (Lipinski definition) is 7. The first-order valence-electron chi connectivity index (χ1n) is 10.9. The molecule has 0 fully saturated rings. The van der Waals surface area contributed by atoms with Gasteiger partial charge in [0, 0.05) is 13.6 Å². The molecule has 0 aliphatic heterocycles. The van der Waals surface area contributed by atoms with Crippen LogP contribution in [0.25, 0.3) is 39.0 Å². The molecule has 0 unspecified atom stereocenters. The number of aromatic nitrogens is 3. The molecule has 22 nitrogen and oxygen atoms in total. The van der Waals surface area contributed by atoms with Crippen molar-refractivity contribution in [2.45, 2.75) is 32.2 Å². The van der Waals surface area contributed by atoms with Gasteiger partial charge in [-0.3, -0.25) is 20.5 Å². The van der Waals surface area contributed by atoms with Crippen LogP contribution in [0.4, 0.5) is 0 Å². The van der Waals surface area contributed by atoms with Crippen LogP contribution in [0.2, 0.25) is 0 Å². The summed E-state index contributed by atoms with van der Waals surface area (Å²) in [6.45, 7) is 0.0487. The lowest BCUT2D eigenvalue weighted by molar-refractivity contribution is -0.529. The molecule has 0 radical (unpaired) electrons. The highest BCUT2D eigenvalue weighted by Crippen LogP contribution is 2.06. The van der Waals surface area contributed by atoms with Gasteiger partial charge in [0.25, 0.3) is 0 Å². The zero-order chi connectivity index (χ0) is 30.2. The highest BCUT2D eigenvalue weighted by atomic mass is 16.2. The zero-order valence-electron chi connectivity index (χ0n) is 20.7. The third kappa shape index (κ3) is 7.06. The van der Waals surface area contributed by atoms with Gasteiger partial charge in [0.15, 0.2) is 0 Å². The lowest BCUT2D eigenvalue weighted by Crippen LogP contribution is -2.83. The second-order valence-electron chi connectivity index (χ2n) is 7.35. The van der Waals surface area contributed by atoms with Crippen LogP contribution in [0.3, 0.4) is 0 Å². The Hall–Kier alpha value is -6.01. The zero-order valence-corrected chi connectivity index (χ0v) is 20.7. The molecular weight excluding hydrogens is 534 g/mol. The minimum Gasteiger partial charge on any atom is -0.614 e. The molecule has 22 heteroatoms. The lowest BCUT2D eigenvalue weighted by Gasteiger charge is -2.08. The van der Waals surface area contributed by atoms with Crippen LogP contribution < -0.4 is 47.8 Å². The molecule has 1 rings (SSSR count). The monoisotopic (exact) mass is 555 g/mol. The van der Waals surface area contributed by atoms with Crippen LogP contribution in [0, 0.1) is 0 Å². The van der Waals surface area contributed by atoms with E-state index in [0.717, 1.165) is 13.1 Å². The van der Waals surface area contributed by atoms with E-state index < -0.39 is 51.5 Å². The fourth-order valence-corrected chi connectivity index (χ4v) is 3.27. The molecule has 6 N–H and O–H groups in total. The van der Waals surface area contributed by atoms with Crippen LogP contribution in [0.15, 0.2) is 53.0 Å². The quantitative estimate of drug-likeness (QED) is 0.0357. The second kappa shape index (κ2) is 16.0. The molecule has 0 saturated heterocycles. The molecule has 1 aromatic rings. The lowest BCUT2D eigenvalue weighted by atomic mass is 10.2. The van der Waals surface area contributed by atoms with E-state index in [4.69, 9.17) is 0 Å². The SMILES string of the molecule is Cn1c(=O)n(CCCCCCN=C=O)c(=O)n(/C([NH+]=[N-])=C([NH+]=[N-])/C([NH+]=[N-])=C([NH+]=[N-])/C([NH+]=[N-])=C(/N=C=O)[NH+]=[N-])c1=O. The van der Waals surface area contributed by atoms with E-state index >= 15 is 0 Å². The van der Waals surface area contributed by atoms with Crippen molar-refractivity contribution in [3.63, 3.8) is 0 Å². The average Bonchev–Trinajstić information content (AvgIpc) is 2.96. The smallest absolute Gasteiger partial charge is 0.428 e. The summed E-state index contributed by atoms with van der Waals surface area (Å²) in [6.07, 6.45) is 4.29. The summed E-state index contributed by atoms with van der Waals surface area (Å²) in [7, 11) is 1.00. The molecule has 0 amide bonds. The molecule has 1 heterocycles. The predicted octanol–water partition coefficient (Wildman–Crippen LogP) is -8.94. The van der Waals surface area contributed by atoms with E-state index in [0.29, 0.717) is 28.4 Å². The Kier molecular flexibility index (Phi) is 12.8. The van der Waals surface area contributed by atoms with E-state index in [-0.39, 0.29) is 24.1 Å². The van der Waals surface area contributed by atoms with E-state index in [2.05, 4.69) is 9.98 Å². The maximum atomic E-state index is 13.2. The topological polar surface area (TPSA) is 342 Å². The number of aliphatic imine (C=N–C) groups is 2. The number of unbranched alkanes of at least 4 members (excludes halogenated alkanes) is 3. The average molecular weight is 555 g/mol. The Bertz CT molecular complexity index is 1590. The number of nitrogens with one attached hydrogen (secondary N) is 6. The minimum absolute atomic E-state index is 0.162. The summed E-state index contributed by atoms with van der Waals surface area (Å²) in [6, 6.07) is 0. The first-order chi connectivity index (χ1) is 19.2. The molecule has 0 atom stereocenters. The first kappa shape index (κ1) is 32.0. The van der Waals surface area contributed by atoms with Crippen LogP contribution in [-0.2, 0) is 23.2 Å². The summed E-state index contributed by atoms with van der Waals surface area (Å²) >= 11 is 0. The fraction of sp³-hybridized carbons (Fsp3) is 0.389. The van der Waals surface area contributed by atoms with Crippen LogP contribution in [0.5, 0.6) is 0 Å². The second-order valence-corrected chi connectivity index (χ2v) is 7.35. The number of hydrogen-bond donors (Lipinski definition) is 6. The molecule has 40 heavy (non-hydrogen) atoms. The van der Waals surface area contributed by atoms with Crippen LogP contribution >= 0.6 is 0 Å². The Balaban J connectivity index is 4.01. The standard InChI is InChI=1S/C18H21N17O5/c1-33-16(38)34(7-5-3-2-4-6-25-8-36)18(40)35(17(33)39)15(32-24)13(30-22)11(28-20)10(27-19)12(29-21)14(31-23)26-9-37/h27-32H,2-7H2,1H3/b11-10+,14-12+,15-13-. The molecule has 0 saturated carbocycles. The molecule has 0 aliphatic rings. The van der Waals surface area contributed by atoms with E-state index in [1.165, 1.54) is 36.8 Å². The van der Waals surface area contributed by atoms with E-state index in [1.807, 2.05) is 0 Å². The largest absolute Gasteiger partial charge is 0.614 e. The molecule has 0 aromatic carbocycles. The van der Waals surface area contributed by atoms with Crippen molar-refractivity contribution in [3.05, 3.63) is 93.2 Å². The van der Waals surface area contributed by atoms with Crippen molar-refractivity contribution < 1.29 is 40.3 Å². The van der Waals surface area contributed by atoms with Gasteiger partial charge in [0.2, 0.25) is 6.08 Å². The van der Waals surface area contributed by atoms with Crippen LogP contribution in [-0.4, -0.2) is 32.4 Å². The van der Waals surface area contributed by atoms with Gasteiger partial charge in [-0.25, -0.2) is 33.3 Å². The highest BCUT2D eigenvalue weighted by molar-refractivity contribution is 5.45. The third-order valence-electron chi connectivity index (χ3n) is 5.15. The van der Waals surface area contributed by atoms with Crippen molar-refractivity contribution in [2.24, 2.45) is 17.0 Å². The summed E-state index contributed by atoms with van der Waals surface area (Å²) in [5.41, 5.74) is 50.0. The summed E-state index contributed by atoms with van der Waals surface area (Å²) in [4.78, 5) is 65.8. The van der Waals surface area contributed by atoms with E-state index in [1.54, 1.807) is 0 Å². The fourth-order valence-electron chi connectivity index (χ4n) is 3.27. The molecule has 0 spiro atoms. The van der Waals surface area contributed by atoms with E-state index in [9.17, 15) is 57.2 Å². The maximum absolute atomic E-state index is 13.2. The van der Waals surface area contributed by atoms with Crippen LogP contribution in [0.1, 0.15) is 25.7 Å². The predicted molar refractivity (Wildman–Crippen MR) is 123 cm³/mol. The maximum Gasteiger partial charge on any atom is 0.428 e. The molecule has 0 aliphatic carbocycles. The number of carbonyl (C=O) groups excluding carboxylic acids is 2.